The zero-order valence-electron chi connectivity index (χ0n) is 17.9. The normalized spacial score (nSPS) is 22.8. The summed E-state index contributed by atoms with van der Waals surface area (Å²) in [5, 5.41) is 17.0. The van der Waals surface area contributed by atoms with E-state index in [1.165, 1.54) is 6.07 Å². The van der Waals surface area contributed by atoms with Crippen LogP contribution in [0.3, 0.4) is 0 Å². The van der Waals surface area contributed by atoms with E-state index in [0.29, 0.717) is 0 Å². The Kier molecular flexibility index (Phi) is 8.56. The highest BCUT2D eigenvalue weighted by Crippen LogP contribution is 2.19. The molecular weight excluding hydrogens is 420 g/mol. The van der Waals surface area contributed by atoms with E-state index in [4.69, 9.17) is 10.5 Å². The average molecular weight is 448 g/mol. The second kappa shape index (κ2) is 11.1. The van der Waals surface area contributed by atoms with E-state index < -0.39 is 54.1 Å². The van der Waals surface area contributed by atoms with Crippen LogP contribution in [0.1, 0.15) is 43.5 Å². The molecule has 0 fully saturated rings. The van der Waals surface area contributed by atoms with Gasteiger partial charge in [-0.1, -0.05) is 26.0 Å². The van der Waals surface area contributed by atoms with Gasteiger partial charge in [0.1, 0.15) is 24.4 Å². The van der Waals surface area contributed by atoms with Crippen LogP contribution in [0.15, 0.2) is 24.3 Å². The van der Waals surface area contributed by atoms with E-state index in [1.807, 2.05) is 13.8 Å². The van der Waals surface area contributed by atoms with Crippen molar-refractivity contribution < 1.29 is 33.8 Å². The fourth-order valence-electron chi connectivity index (χ4n) is 3.09. The molecule has 0 aromatic heterocycles. The van der Waals surface area contributed by atoms with Gasteiger partial charge in [-0.3, -0.25) is 19.2 Å². The Morgan fingerprint density at radius 1 is 1.16 bits per heavy atom. The summed E-state index contributed by atoms with van der Waals surface area (Å²) in [6.45, 7) is 3.69. The number of amides is 4. The molecule has 0 aliphatic carbocycles. The number of carboxylic acids is 1. The quantitative estimate of drug-likeness (QED) is 0.414. The molecule has 2 rings (SSSR count). The third-order valence-corrected chi connectivity index (χ3v) is 5.00. The number of nitrogens with one attached hydrogen (secondary N) is 3. The predicted octanol–water partition coefficient (Wildman–Crippen LogP) is -0.457. The van der Waals surface area contributed by atoms with Crippen LogP contribution in [-0.2, 0) is 19.2 Å². The molecule has 11 nitrogen and oxygen atoms in total. The van der Waals surface area contributed by atoms with Gasteiger partial charge in [-0.2, -0.15) is 0 Å². The first kappa shape index (κ1) is 24.6. The van der Waals surface area contributed by atoms with Crippen molar-refractivity contribution in [3.63, 3.8) is 0 Å². The van der Waals surface area contributed by atoms with Crippen LogP contribution in [0, 0.1) is 5.92 Å². The number of carbonyl (C=O) groups excluding carboxylic acids is 4. The van der Waals surface area contributed by atoms with Crippen molar-refractivity contribution in [2.45, 2.75) is 51.2 Å². The zero-order valence-corrected chi connectivity index (χ0v) is 17.9. The number of benzene rings is 1. The maximum atomic E-state index is 12.8. The molecule has 6 N–H and O–H groups in total. The summed E-state index contributed by atoms with van der Waals surface area (Å²) < 4.78 is 5.79. The molecule has 1 aliphatic rings. The Hall–Kier alpha value is -3.63. The van der Waals surface area contributed by atoms with Gasteiger partial charge in [0.05, 0.1) is 18.0 Å². The van der Waals surface area contributed by atoms with Crippen molar-refractivity contribution in [2.75, 3.05) is 6.61 Å². The summed E-state index contributed by atoms with van der Waals surface area (Å²) in [7, 11) is 0. The van der Waals surface area contributed by atoms with E-state index in [2.05, 4.69) is 16.0 Å². The van der Waals surface area contributed by atoms with Crippen molar-refractivity contribution in [1.29, 1.82) is 0 Å². The Morgan fingerprint density at radius 2 is 1.84 bits per heavy atom. The SMILES string of the molecule is CC(C)[C@H]1COc2ccccc2C(=O)N[C@H](C(=O)O)CCC(=O)N[C@@H](CC(N)=O)C(=O)N1. The first-order chi connectivity index (χ1) is 15.1. The van der Waals surface area contributed by atoms with E-state index in [0.717, 1.165) is 0 Å². The minimum Gasteiger partial charge on any atom is -0.491 e. The number of para-hydroxylation sites is 1. The van der Waals surface area contributed by atoms with Crippen LogP contribution in [0.2, 0.25) is 0 Å². The second-order valence-electron chi connectivity index (χ2n) is 7.86. The monoisotopic (exact) mass is 448 g/mol. The van der Waals surface area contributed by atoms with Crippen LogP contribution in [-0.4, -0.2) is 59.4 Å². The summed E-state index contributed by atoms with van der Waals surface area (Å²) in [5.74, 6) is -3.92. The number of hydrogen-bond acceptors (Lipinski definition) is 6. The largest absolute Gasteiger partial charge is 0.491 e. The lowest BCUT2D eigenvalue weighted by atomic mass is 10.0. The molecule has 1 aromatic carbocycles. The van der Waals surface area contributed by atoms with Gasteiger partial charge in [0.15, 0.2) is 0 Å². The van der Waals surface area contributed by atoms with Crippen molar-refractivity contribution in [3.8, 4) is 5.75 Å². The van der Waals surface area contributed by atoms with Crippen LogP contribution in [0.5, 0.6) is 5.75 Å². The van der Waals surface area contributed by atoms with Crippen molar-refractivity contribution >= 4 is 29.6 Å². The first-order valence-corrected chi connectivity index (χ1v) is 10.2. The number of hydrogen-bond donors (Lipinski definition) is 5. The third-order valence-electron chi connectivity index (χ3n) is 5.00. The number of fused-ring (bicyclic) bond motifs is 1. The van der Waals surface area contributed by atoms with Gasteiger partial charge >= 0.3 is 5.97 Å². The predicted molar refractivity (Wildman–Crippen MR) is 113 cm³/mol. The van der Waals surface area contributed by atoms with Crippen molar-refractivity contribution in [1.82, 2.24) is 16.0 Å². The summed E-state index contributed by atoms with van der Waals surface area (Å²) in [6, 6.07) is 3.22. The Labute approximate surface area is 185 Å². The molecule has 1 aromatic rings. The van der Waals surface area contributed by atoms with Crippen LogP contribution >= 0.6 is 0 Å². The molecule has 11 heteroatoms. The number of primary amides is 1. The van der Waals surface area contributed by atoms with Crippen LogP contribution < -0.4 is 26.4 Å². The van der Waals surface area contributed by atoms with E-state index in [9.17, 15) is 29.1 Å². The van der Waals surface area contributed by atoms with Crippen molar-refractivity contribution in [3.05, 3.63) is 29.8 Å². The van der Waals surface area contributed by atoms with Gasteiger partial charge in [0.25, 0.3) is 5.91 Å². The molecule has 32 heavy (non-hydrogen) atoms. The Balaban J connectivity index is 2.39. The van der Waals surface area contributed by atoms with E-state index in [-0.39, 0.29) is 36.7 Å². The van der Waals surface area contributed by atoms with Gasteiger partial charge in [-0.25, -0.2) is 4.79 Å². The smallest absolute Gasteiger partial charge is 0.326 e. The zero-order chi connectivity index (χ0) is 23.8. The summed E-state index contributed by atoms with van der Waals surface area (Å²) >= 11 is 0. The summed E-state index contributed by atoms with van der Waals surface area (Å²) in [4.78, 5) is 60.8. The summed E-state index contributed by atoms with van der Waals surface area (Å²) in [6.07, 6.45) is -0.952. The van der Waals surface area contributed by atoms with Gasteiger partial charge < -0.3 is 31.5 Å². The molecular formula is C21H28N4O7. The molecule has 0 radical (unpaired) electrons. The second-order valence-corrected chi connectivity index (χ2v) is 7.86. The molecule has 0 bridgehead atoms. The van der Waals surface area contributed by atoms with E-state index in [1.54, 1.807) is 18.2 Å². The Bertz CT molecular complexity index is 887. The number of nitrogens with two attached hydrogens (primary N) is 1. The molecule has 0 unspecified atom stereocenters. The lowest BCUT2D eigenvalue weighted by molar-refractivity contribution is -0.139. The fourth-order valence-corrected chi connectivity index (χ4v) is 3.09. The highest BCUT2D eigenvalue weighted by atomic mass is 16.5. The van der Waals surface area contributed by atoms with Crippen LogP contribution in [0.4, 0.5) is 0 Å². The molecule has 0 spiro atoms. The molecule has 1 heterocycles. The maximum Gasteiger partial charge on any atom is 0.326 e. The minimum absolute atomic E-state index is 0.00665. The maximum absolute atomic E-state index is 12.8. The molecule has 174 valence electrons. The first-order valence-electron chi connectivity index (χ1n) is 10.2. The molecule has 0 saturated heterocycles. The Morgan fingerprint density at radius 3 is 2.47 bits per heavy atom. The fraction of sp³-hybridized carbons (Fsp3) is 0.476. The lowest BCUT2D eigenvalue weighted by Crippen LogP contribution is -2.53. The highest BCUT2D eigenvalue weighted by Gasteiger charge is 2.29. The number of carbonyl (C=O) groups is 5. The standard InChI is InChI=1S/C21H28N4O7/c1-11(2)15-10-32-16-6-4-3-5-12(16)19(28)24-13(21(30)31)7-8-18(27)23-14(9-17(22)26)20(29)25-15/h3-6,11,13-15H,7-10H2,1-2H3,(H2,22,26)(H,23,27)(H,24,28)(H,25,29)(H,30,31)/t13-,14-,15+/m0/s1. The van der Waals surface area contributed by atoms with E-state index >= 15 is 0 Å². The molecule has 0 saturated carbocycles. The lowest BCUT2D eigenvalue weighted by Gasteiger charge is -2.26. The van der Waals surface area contributed by atoms with Gasteiger partial charge in [0, 0.05) is 6.42 Å². The number of aliphatic carboxylic acids is 1. The van der Waals surface area contributed by atoms with Gasteiger partial charge in [0.2, 0.25) is 17.7 Å². The highest BCUT2D eigenvalue weighted by molar-refractivity contribution is 5.99. The molecule has 1 aliphatic heterocycles. The molecule has 4 amide bonds. The number of rotatable bonds is 4. The number of ether oxygens (including phenoxy) is 1. The average Bonchev–Trinajstić information content (AvgIpc) is 2.72. The van der Waals surface area contributed by atoms with Crippen LogP contribution in [0.25, 0.3) is 0 Å². The van der Waals surface area contributed by atoms with Crippen molar-refractivity contribution in [2.24, 2.45) is 11.7 Å². The topological polar surface area (TPSA) is 177 Å². The number of carboxylic acid groups (broad SMARTS) is 1. The minimum atomic E-state index is -1.35. The third kappa shape index (κ3) is 6.96. The van der Waals surface area contributed by atoms with Gasteiger partial charge in [-0.05, 0) is 24.5 Å². The summed E-state index contributed by atoms with van der Waals surface area (Å²) in [5.41, 5.74) is 5.34. The molecule has 3 atom stereocenters. The van der Waals surface area contributed by atoms with Gasteiger partial charge in [-0.15, -0.1) is 0 Å².